The Balaban J connectivity index is 1.85. The predicted molar refractivity (Wildman–Crippen MR) is 123 cm³/mol. The van der Waals surface area contributed by atoms with E-state index in [0.29, 0.717) is 23.3 Å². The summed E-state index contributed by atoms with van der Waals surface area (Å²) < 4.78 is 12.4. The van der Waals surface area contributed by atoms with E-state index in [1.54, 1.807) is 7.11 Å². The van der Waals surface area contributed by atoms with Crippen LogP contribution in [-0.4, -0.2) is 25.0 Å². The molecular weight excluding hydrogens is 458 g/mol. The van der Waals surface area contributed by atoms with Crippen LogP contribution in [0.2, 0.25) is 0 Å². The van der Waals surface area contributed by atoms with Gasteiger partial charge in [-0.05, 0) is 62.6 Å². The molecule has 0 spiro atoms. The van der Waals surface area contributed by atoms with Crippen LogP contribution in [0.4, 0.5) is 0 Å². The number of dihydropyridines is 1. The fraction of sp³-hybridized carbons (Fsp3) is 0.520. The summed E-state index contributed by atoms with van der Waals surface area (Å²) in [7, 11) is 1.61. The molecule has 6 heteroatoms. The molecule has 1 N–H and O–H groups in total. The SMILES string of the molecule is COc1ccc(Br)cc1[C@H]1C(C(=O)OC2CCCC2)=C(C)NC2=C1C(=O)CC(C)(C)C2. The van der Waals surface area contributed by atoms with Gasteiger partial charge in [0.1, 0.15) is 11.9 Å². The molecule has 0 unspecified atom stereocenters. The lowest BCUT2D eigenvalue weighted by molar-refractivity contribution is -0.144. The average molecular weight is 488 g/mol. The molecule has 0 amide bonds. The number of hydrogen-bond acceptors (Lipinski definition) is 5. The zero-order valence-corrected chi connectivity index (χ0v) is 20.2. The van der Waals surface area contributed by atoms with E-state index in [-0.39, 0.29) is 23.3 Å². The quantitative estimate of drug-likeness (QED) is 0.564. The number of methoxy groups -OCH3 is 1. The molecule has 1 aromatic rings. The Bertz CT molecular complexity index is 985. The first-order valence-corrected chi connectivity index (χ1v) is 11.8. The Hall–Kier alpha value is -2.08. The topological polar surface area (TPSA) is 64.6 Å². The number of Topliss-reactive ketones (excluding diaryl/α,β-unsaturated/α-hetero) is 1. The van der Waals surface area contributed by atoms with Gasteiger partial charge in [-0.1, -0.05) is 29.8 Å². The van der Waals surface area contributed by atoms with Crippen molar-refractivity contribution >= 4 is 27.7 Å². The van der Waals surface area contributed by atoms with Crippen molar-refractivity contribution in [1.29, 1.82) is 0 Å². The van der Waals surface area contributed by atoms with Gasteiger partial charge in [-0.25, -0.2) is 4.79 Å². The normalized spacial score (nSPS) is 23.5. The summed E-state index contributed by atoms with van der Waals surface area (Å²) in [5, 5.41) is 3.40. The second-order valence-corrected chi connectivity index (χ2v) is 10.5. The molecule has 166 valence electrons. The molecule has 0 radical (unpaired) electrons. The second-order valence-electron chi connectivity index (χ2n) is 9.63. The van der Waals surface area contributed by atoms with Crippen LogP contribution in [0, 0.1) is 5.41 Å². The van der Waals surface area contributed by atoms with E-state index in [4.69, 9.17) is 9.47 Å². The maximum absolute atomic E-state index is 13.4. The fourth-order valence-electron chi connectivity index (χ4n) is 5.17. The number of benzene rings is 1. The minimum absolute atomic E-state index is 0.0470. The van der Waals surface area contributed by atoms with E-state index in [1.807, 2.05) is 25.1 Å². The highest BCUT2D eigenvalue weighted by atomic mass is 79.9. The van der Waals surface area contributed by atoms with Crippen molar-refractivity contribution in [2.45, 2.75) is 71.3 Å². The summed E-state index contributed by atoms with van der Waals surface area (Å²) in [5.41, 5.74) is 3.51. The van der Waals surface area contributed by atoms with Crippen LogP contribution in [0.1, 0.15) is 70.8 Å². The van der Waals surface area contributed by atoms with E-state index in [2.05, 4.69) is 35.1 Å². The lowest BCUT2D eigenvalue weighted by atomic mass is 9.68. The van der Waals surface area contributed by atoms with Gasteiger partial charge in [0.05, 0.1) is 18.6 Å². The summed E-state index contributed by atoms with van der Waals surface area (Å²) >= 11 is 3.55. The van der Waals surface area contributed by atoms with Gasteiger partial charge in [0.25, 0.3) is 0 Å². The van der Waals surface area contributed by atoms with Crippen LogP contribution in [0.25, 0.3) is 0 Å². The lowest BCUT2D eigenvalue weighted by Crippen LogP contribution is -2.39. The van der Waals surface area contributed by atoms with E-state index in [9.17, 15) is 9.59 Å². The standard InChI is InChI=1S/C25H30BrNO4/c1-14-21(24(29)31-16-7-5-6-8-16)22(17-11-15(26)9-10-20(17)30-4)23-18(27-14)12-25(2,3)13-19(23)28/h9-11,16,22,27H,5-8,12-13H2,1-4H3/t22-/m0/s1. The highest BCUT2D eigenvalue weighted by Crippen LogP contribution is 2.49. The highest BCUT2D eigenvalue weighted by Gasteiger charge is 2.44. The van der Waals surface area contributed by atoms with Crippen molar-refractivity contribution in [2.24, 2.45) is 5.41 Å². The molecule has 3 aliphatic rings. The Morgan fingerprint density at radius 1 is 1.19 bits per heavy atom. The molecule has 31 heavy (non-hydrogen) atoms. The van der Waals surface area contributed by atoms with Crippen LogP contribution < -0.4 is 10.1 Å². The first-order chi connectivity index (χ1) is 14.7. The van der Waals surface area contributed by atoms with Crippen LogP contribution in [0.3, 0.4) is 0 Å². The average Bonchev–Trinajstić information content (AvgIpc) is 3.18. The molecule has 1 aromatic carbocycles. The van der Waals surface area contributed by atoms with Gasteiger partial charge in [0.2, 0.25) is 0 Å². The van der Waals surface area contributed by atoms with E-state index in [0.717, 1.165) is 53.5 Å². The summed E-state index contributed by atoms with van der Waals surface area (Å²) in [6.45, 7) is 6.11. The fourth-order valence-corrected chi connectivity index (χ4v) is 5.55. The van der Waals surface area contributed by atoms with Gasteiger partial charge >= 0.3 is 5.97 Å². The van der Waals surface area contributed by atoms with Gasteiger partial charge in [0.15, 0.2) is 5.78 Å². The van der Waals surface area contributed by atoms with E-state index < -0.39 is 5.92 Å². The molecule has 1 saturated carbocycles. The first kappa shape index (κ1) is 22.1. The lowest BCUT2D eigenvalue weighted by Gasteiger charge is -2.39. The molecule has 4 rings (SSSR count). The van der Waals surface area contributed by atoms with Gasteiger partial charge < -0.3 is 14.8 Å². The monoisotopic (exact) mass is 487 g/mol. The number of allylic oxidation sites excluding steroid dienone is 3. The maximum Gasteiger partial charge on any atom is 0.337 e. The molecular formula is C25H30BrNO4. The zero-order valence-electron chi connectivity index (χ0n) is 18.6. The molecule has 1 fully saturated rings. The van der Waals surface area contributed by atoms with Gasteiger partial charge in [-0.15, -0.1) is 0 Å². The maximum atomic E-state index is 13.4. The van der Waals surface area contributed by atoms with Gasteiger partial charge in [0, 0.05) is 33.4 Å². The third-order valence-corrected chi connectivity index (χ3v) is 7.03. The largest absolute Gasteiger partial charge is 0.496 e. The summed E-state index contributed by atoms with van der Waals surface area (Å²) in [5.74, 6) is -0.127. The zero-order chi connectivity index (χ0) is 22.3. The summed E-state index contributed by atoms with van der Waals surface area (Å²) in [6, 6.07) is 5.72. The van der Waals surface area contributed by atoms with Crippen molar-refractivity contribution in [3.8, 4) is 5.75 Å². The number of esters is 1. The highest BCUT2D eigenvalue weighted by molar-refractivity contribution is 9.10. The number of nitrogens with one attached hydrogen (secondary N) is 1. The number of carbonyl (C=O) groups is 2. The molecule has 1 aliphatic heterocycles. The Morgan fingerprint density at radius 3 is 2.58 bits per heavy atom. The Kier molecular flexibility index (Phi) is 6.03. The third kappa shape index (κ3) is 4.32. The third-order valence-electron chi connectivity index (χ3n) is 6.54. The number of ether oxygens (including phenoxy) is 2. The van der Waals surface area contributed by atoms with Gasteiger partial charge in [-0.2, -0.15) is 0 Å². The minimum Gasteiger partial charge on any atom is -0.496 e. The van der Waals surface area contributed by atoms with E-state index in [1.165, 1.54) is 0 Å². The number of halogens is 1. The number of ketones is 1. The van der Waals surface area contributed by atoms with Crippen LogP contribution in [-0.2, 0) is 14.3 Å². The van der Waals surface area contributed by atoms with E-state index >= 15 is 0 Å². The van der Waals surface area contributed by atoms with Crippen LogP contribution >= 0.6 is 15.9 Å². The number of carbonyl (C=O) groups excluding carboxylic acids is 2. The minimum atomic E-state index is -0.513. The summed E-state index contributed by atoms with van der Waals surface area (Å²) in [6.07, 6.45) is 5.12. The second kappa shape index (κ2) is 8.45. The van der Waals surface area contributed by atoms with Crippen LogP contribution in [0.15, 0.2) is 45.2 Å². The molecule has 2 aliphatic carbocycles. The van der Waals surface area contributed by atoms with Crippen molar-refractivity contribution in [3.63, 3.8) is 0 Å². The van der Waals surface area contributed by atoms with Crippen molar-refractivity contribution in [2.75, 3.05) is 7.11 Å². The summed E-state index contributed by atoms with van der Waals surface area (Å²) in [4.78, 5) is 26.8. The van der Waals surface area contributed by atoms with Gasteiger partial charge in [-0.3, -0.25) is 4.79 Å². The smallest absolute Gasteiger partial charge is 0.337 e. The van der Waals surface area contributed by atoms with Crippen LogP contribution in [0.5, 0.6) is 5.75 Å². The number of hydrogen-bond donors (Lipinski definition) is 1. The molecule has 0 bridgehead atoms. The van der Waals surface area contributed by atoms with Crippen molar-refractivity contribution in [1.82, 2.24) is 5.32 Å². The molecule has 0 aromatic heterocycles. The number of rotatable bonds is 4. The molecule has 1 atom stereocenters. The van der Waals surface area contributed by atoms with Crippen molar-refractivity contribution in [3.05, 3.63) is 50.8 Å². The Labute approximate surface area is 192 Å². The predicted octanol–water partition coefficient (Wildman–Crippen LogP) is 5.55. The molecule has 1 heterocycles. The Morgan fingerprint density at radius 2 is 1.90 bits per heavy atom. The molecule has 0 saturated heterocycles. The van der Waals surface area contributed by atoms with Crippen molar-refractivity contribution < 1.29 is 19.1 Å². The first-order valence-electron chi connectivity index (χ1n) is 11.0. The molecule has 5 nitrogen and oxygen atoms in total.